The third-order valence-electron chi connectivity index (χ3n) is 3.91. The zero-order valence-electron chi connectivity index (χ0n) is 13.9. The minimum atomic E-state index is -0.374. The Morgan fingerprint density at radius 3 is 2.38 bits per heavy atom. The number of thiophene rings is 1. The van der Waals surface area contributed by atoms with Crippen LogP contribution in [0.5, 0.6) is 0 Å². The van der Waals surface area contributed by atoms with Crippen LogP contribution in [0.25, 0.3) is 10.1 Å². The summed E-state index contributed by atoms with van der Waals surface area (Å²) in [4.78, 5) is 12.8. The van der Waals surface area contributed by atoms with E-state index in [2.05, 4.69) is 32.9 Å². The Morgan fingerprint density at radius 1 is 1.08 bits per heavy atom. The first kappa shape index (κ1) is 17.0. The standard InChI is InChI=1S/C20H19ClO2S/c1-20(2,3)14-10-8-13(9-11-14)12-23-19(22)18-17(21)15-6-4-5-7-16(15)24-18/h4-11H,12H2,1-3H3. The van der Waals surface area contributed by atoms with Crippen molar-refractivity contribution in [3.05, 3.63) is 69.6 Å². The molecule has 0 saturated carbocycles. The number of hydrogen-bond acceptors (Lipinski definition) is 3. The average Bonchev–Trinajstić information content (AvgIpc) is 2.90. The number of carbonyl (C=O) groups is 1. The molecular weight excluding hydrogens is 340 g/mol. The summed E-state index contributed by atoms with van der Waals surface area (Å²) in [6, 6.07) is 15.9. The smallest absolute Gasteiger partial charge is 0.350 e. The van der Waals surface area contributed by atoms with Crippen LogP contribution in [0.3, 0.4) is 0 Å². The van der Waals surface area contributed by atoms with E-state index in [0.717, 1.165) is 15.6 Å². The maximum Gasteiger partial charge on any atom is 0.350 e. The number of halogens is 1. The molecular formula is C20H19ClO2S. The fourth-order valence-electron chi connectivity index (χ4n) is 2.46. The number of benzene rings is 2. The molecule has 0 saturated heterocycles. The number of carbonyl (C=O) groups excluding carboxylic acids is 1. The second-order valence-corrected chi connectivity index (χ2v) is 8.19. The summed E-state index contributed by atoms with van der Waals surface area (Å²) in [5, 5.41) is 1.37. The highest BCUT2D eigenvalue weighted by atomic mass is 35.5. The summed E-state index contributed by atoms with van der Waals surface area (Å²) in [6.07, 6.45) is 0. The summed E-state index contributed by atoms with van der Waals surface area (Å²) < 4.78 is 6.43. The molecule has 2 nitrogen and oxygen atoms in total. The molecule has 1 aromatic heterocycles. The van der Waals surface area contributed by atoms with Crippen LogP contribution in [0, 0.1) is 0 Å². The van der Waals surface area contributed by atoms with Crippen molar-refractivity contribution in [2.45, 2.75) is 32.8 Å². The molecule has 24 heavy (non-hydrogen) atoms. The van der Waals surface area contributed by atoms with Crippen LogP contribution < -0.4 is 0 Å². The Bertz CT molecular complexity index is 873. The SMILES string of the molecule is CC(C)(C)c1ccc(COC(=O)c2sc3ccccc3c2Cl)cc1. The van der Waals surface area contributed by atoms with Gasteiger partial charge in [0.05, 0.1) is 5.02 Å². The van der Waals surface area contributed by atoms with Gasteiger partial charge in [-0.25, -0.2) is 4.79 Å². The molecule has 0 atom stereocenters. The van der Waals surface area contributed by atoms with Crippen LogP contribution in [0.15, 0.2) is 48.5 Å². The van der Waals surface area contributed by atoms with Gasteiger partial charge in [0.1, 0.15) is 11.5 Å². The molecule has 0 aliphatic rings. The molecule has 3 rings (SSSR count). The molecule has 0 unspecified atom stereocenters. The molecule has 0 amide bonds. The van der Waals surface area contributed by atoms with E-state index in [9.17, 15) is 4.79 Å². The van der Waals surface area contributed by atoms with Gasteiger partial charge in [0.2, 0.25) is 0 Å². The molecule has 0 bridgehead atoms. The summed E-state index contributed by atoms with van der Waals surface area (Å²) in [5.41, 5.74) is 2.33. The lowest BCUT2D eigenvalue weighted by Crippen LogP contribution is -2.11. The van der Waals surface area contributed by atoms with Gasteiger partial charge in [0.15, 0.2) is 0 Å². The van der Waals surface area contributed by atoms with E-state index in [4.69, 9.17) is 16.3 Å². The van der Waals surface area contributed by atoms with E-state index in [1.807, 2.05) is 36.4 Å². The van der Waals surface area contributed by atoms with Gasteiger partial charge >= 0.3 is 5.97 Å². The maximum atomic E-state index is 12.3. The predicted molar refractivity (Wildman–Crippen MR) is 101 cm³/mol. The number of fused-ring (bicyclic) bond motifs is 1. The highest BCUT2D eigenvalue weighted by molar-refractivity contribution is 7.21. The monoisotopic (exact) mass is 358 g/mol. The third-order valence-corrected chi connectivity index (χ3v) is 5.57. The van der Waals surface area contributed by atoms with Crippen LogP contribution in [0.4, 0.5) is 0 Å². The highest BCUT2D eigenvalue weighted by Crippen LogP contribution is 2.35. The Balaban J connectivity index is 1.72. The predicted octanol–water partition coefficient (Wildman–Crippen LogP) is 6.21. The molecule has 0 aliphatic heterocycles. The third kappa shape index (κ3) is 3.47. The maximum absolute atomic E-state index is 12.3. The quantitative estimate of drug-likeness (QED) is 0.520. The second kappa shape index (κ2) is 6.58. The van der Waals surface area contributed by atoms with Gasteiger partial charge in [-0.1, -0.05) is 74.8 Å². The first-order valence-electron chi connectivity index (χ1n) is 7.80. The van der Waals surface area contributed by atoms with Crippen molar-refractivity contribution in [2.75, 3.05) is 0 Å². The number of rotatable bonds is 3. The fourth-order valence-corrected chi connectivity index (χ4v) is 3.86. The van der Waals surface area contributed by atoms with Crippen molar-refractivity contribution in [3.63, 3.8) is 0 Å². The van der Waals surface area contributed by atoms with Gasteiger partial charge in [-0.15, -0.1) is 11.3 Å². The molecule has 0 aliphatic carbocycles. The van der Waals surface area contributed by atoms with Crippen LogP contribution in [-0.2, 0) is 16.8 Å². The van der Waals surface area contributed by atoms with Crippen molar-refractivity contribution in [1.29, 1.82) is 0 Å². The zero-order chi connectivity index (χ0) is 17.3. The number of hydrogen-bond donors (Lipinski definition) is 0. The minimum absolute atomic E-state index is 0.111. The van der Waals surface area contributed by atoms with Crippen LogP contribution in [-0.4, -0.2) is 5.97 Å². The lowest BCUT2D eigenvalue weighted by Gasteiger charge is -2.19. The average molecular weight is 359 g/mol. The van der Waals surface area contributed by atoms with Crippen molar-refractivity contribution in [3.8, 4) is 0 Å². The molecule has 0 radical (unpaired) electrons. The normalized spacial score (nSPS) is 11.7. The van der Waals surface area contributed by atoms with Crippen molar-refractivity contribution >= 4 is 39.0 Å². The molecule has 0 N–H and O–H groups in total. The minimum Gasteiger partial charge on any atom is -0.457 e. The van der Waals surface area contributed by atoms with Gasteiger partial charge in [0.25, 0.3) is 0 Å². The van der Waals surface area contributed by atoms with Gasteiger partial charge in [0, 0.05) is 10.1 Å². The molecule has 2 aromatic carbocycles. The summed E-state index contributed by atoms with van der Waals surface area (Å²) >= 11 is 7.68. The highest BCUT2D eigenvalue weighted by Gasteiger charge is 2.18. The van der Waals surface area contributed by atoms with Crippen molar-refractivity contribution < 1.29 is 9.53 Å². The molecule has 1 heterocycles. The topological polar surface area (TPSA) is 26.3 Å². The lowest BCUT2D eigenvalue weighted by atomic mass is 9.87. The van der Waals surface area contributed by atoms with E-state index in [-0.39, 0.29) is 18.0 Å². The van der Waals surface area contributed by atoms with E-state index < -0.39 is 0 Å². The molecule has 4 heteroatoms. The molecule has 124 valence electrons. The van der Waals surface area contributed by atoms with Gasteiger partial charge in [-0.3, -0.25) is 0 Å². The van der Waals surface area contributed by atoms with E-state index in [0.29, 0.717) is 9.90 Å². The van der Waals surface area contributed by atoms with E-state index >= 15 is 0 Å². The largest absolute Gasteiger partial charge is 0.457 e. The Kier molecular flexibility index (Phi) is 4.66. The second-order valence-electron chi connectivity index (χ2n) is 6.76. The Morgan fingerprint density at radius 2 is 1.75 bits per heavy atom. The van der Waals surface area contributed by atoms with Gasteiger partial charge in [-0.2, -0.15) is 0 Å². The van der Waals surface area contributed by atoms with Crippen LogP contribution in [0.2, 0.25) is 5.02 Å². The zero-order valence-corrected chi connectivity index (χ0v) is 15.5. The van der Waals surface area contributed by atoms with Crippen LogP contribution in [0.1, 0.15) is 41.6 Å². The van der Waals surface area contributed by atoms with Gasteiger partial charge in [-0.05, 0) is 22.6 Å². The van der Waals surface area contributed by atoms with Crippen molar-refractivity contribution in [1.82, 2.24) is 0 Å². The van der Waals surface area contributed by atoms with Gasteiger partial charge < -0.3 is 4.74 Å². The van der Waals surface area contributed by atoms with Crippen LogP contribution >= 0.6 is 22.9 Å². The Labute approximate surface area is 151 Å². The number of ether oxygens (including phenoxy) is 1. The van der Waals surface area contributed by atoms with E-state index in [1.54, 1.807) is 0 Å². The fraction of sp³-hybridized carbons (Fsp3) is 0.250. The van der Waals surface area contributed by atoms with E-state index in [1.165, 1.54) is 16.9 Å². The summed E-state index contributed by atoms with van der Waals surface area (Å²) in [5.74, 6) is -0.374. The first-order chi connectivity index (χ1) is 11.4. The number of esters is 1. The summed E-state index contributed by atoms with van der Waals surface area (Å²) in [7, 11) is 0. The molecule has 0 fully saturated rings. The van der Waals surface area contributed by atoms with Crippen molar-refractivity contribution in [2.24, 2.45) is 0 Å². The summed E-state index contributed by atoms with van der Waals surface area (Å²) in [6.45, 7) is 6.76. The molecule has 3 aromatic rings. The first-order valence-corrected chi connectivity index (χ1v) is 8.99. The molecule has 0 spiro atoms. The Hall–Kier alpha value is -1.84. The lowest BCUT2D eigenvalue weighted by molar-refractivity contribution is 0.0479.